The molecule has 1 aromatic carbocycles. The highest BCUT2D eigenvalue weighted by molar-refractivity contribution is 5.92. The van der Waals surface area contributed by atoms with E-state index in [4.69, 9.17) is 0 Å². The van der Waals surface area contributed by atoms with Crippen molar-refractivity contribution < 1.29 is 4.39 Å². The second-order valence-corrected chi connectivity index (χ2v) is 6.10. The van der Waals surface area contributed by atoms with Gasteiger partial charge in [-0.15, -0.1) is 0 Å². The molecule has 3 rings (SSSR count). The number of nitrogens with zero attached hydrogens (tertiary/aromatic N) is 3. The van der Waals surface area contributed by atoms with Crippen LogP contribution in [0.4, 0.5) is 10.1 Å². The van der Waals surface area contributed by atoms with E-state index in [9.17, 15) is 4.39 Å². The summed E-state index contributed by atoms with van der Waals surface area (Å²) >= 11 is 0. The Morgan fingerprint density at radius 1 is 1.18 bits per heavy atom. The molecular weight excluding hydrogens is 277 g/mol. The van der Waals surface area contributed by atoms with Gasteiger partial charge in [0.25, 0.3) is 0 Å². The Morgan fingerprint density at radius 2 is 2.05 bits per heavy atom. The predicted molar refractivity (Wildman–Crippen MR) is 90.0 cm³/mol. The Balaban J connectivity index is 1.94. The van der Waals surface area contributed by atoms with E-state index in [0.717, 1.165) is 49.4 Å². The van der Waals surface area contributed by atoms with Crippen molar-refractivity contribution in [3.8, 4) is 0 Å². The molecule has 0 aliphatic carbocycles. The largest absolute Gasteiger partial charge is 0.370 e. The molecule has 118 valence electrons. The molecule has 0 bridgehead atoms. The van der Waals surface area contributed by atoms with Gasteiger partial charge in [-0.05, 0) is 45.0 Å². The van der Waals surface area contributed by atoms with Crippen molar-refractivity contribution in [2.24, 2.45) is 0 Å². The van der Waals surface area contributed by atoms with Gasteiger partial charge in [-0.25, -0.2) is 9.37 Å². The minimum absolute atomic E-state index is 0.232. The van der Waals surface area contributed by atoms with E-state index < -0.39 is 0 Å². The van der Waals surface area contributed by atoms with Crippen LogP contribution in [0.1, 0.15) is 25.5 Å². The van der Waals surface area contributed by atoms with Gasteiger partial charge in [0.05, 0.1) is 0 Å². The lowest BCUT2D eigenvalue weighted by Gasteiger charge is -2.25. The number of aromatic nitrogens is 1. The third-order valence-corrected chi connectivity index (χ3v) is 4.37. The van der Waals surface area contributed by atoms with Crippen LogP contribution in [-0.4, -0.2) is 42.6 Å². The fraction of sp³-hybridized carbons (Fsp3) is 0.500. The lowest BCUT2D eigenvalue weighted by atomic mass is 10.1. The number of halogens is 1. The molecular formula is C18H24FN3. The number of pyridine rings is 1. The number of hydrogen-bond acceptors (Lipinski definition) is 3. The third kappa shape index (κ3) is 3.07. The van der Waals surface area contributed by atoms with Crippen molar-refractivity contribution in [2.75, 3.05) is 37.6 Å². The molecule has 2 heterocycles. The van der Waals surface area contributed by atoms with Crippen LogP contribution in [-0.2, 0) is 0 Å². The van der Waals surface area contributed by atoms with E-state index >= 15 is 0 Å². The second-order valence-electron chi connectivity index (χ2n) is 6.10. The maximum atomic E-state index is 14.1. The highest BCUT2D eigenvalue weighted by Gasteiger charge is 2.18. The zero-order valence-electron chi connectivity index (χ0n) is 13.5. The summed E-state index contributed by atoms with van der Waals surface area (Å²) in [6, 6.07) is 7.34. The van der Waals surface area contributed by atoms with Crippen LogP contribution in [0, 0.1) is 12.7 Å². The minimum atomic E-state index is -0.232. The van der Waals surface area contributed by atoms with E-state index in [0.29, 0.717) is 5.52 Å². The first-order valence-corrected chi connectivity index (χ1v) is 8.22. The molecule has 0 radical (unpaired) electrons. The Hall–Kier alpha value is -1.68. The van der Waals surface area contributed by atoms with Gasteiger partial charge in [-0.2, -0.15) is 0 Å². The lowest BCUT2D eigenvalue weighted by Crippen LogP contribution is -2.31. The molecule has 2 aromatic rings. The van der Waals surface area contributed by atoms with Crippen LogP contribution in [0.15, 0.2) is 24.3 Å². The van der Waals surface area contributed by atoms with Crippen molar-refractivity contribution in [3.05, 3.63) is 35.8 Å². The first kappa shape index (κ1) is 15.2. The van der Waals surface area contributed by atoms with Gasteiger partial charge in [0, 0.05) is 36.4 Å². The first-order valence-electron chi connectivity index (χ1n) is 8.22. The fourth-order valence-corrected chi connectivity index (χ4v) is 3.33. The standard InChI is InChI=1S/C18H24FN3/c1-3-8-21-9-5-10-22(12-11-21)17-13-14(2)20-18-15(17)6-4-7-16(18)19/h4,6-7,13H,3,5,8-12H2,1-2H3. The van der Waals surface area contributed by atoms with Gasteiger partial charge in [0.15, 0.2) is 0 Å². The number of para-hydroxylation sites is 1. The number of anilines is 1. The highest BCUT2D eigenvalue weighted by Crippen LogP contribution is 2.29. The smallest absolute Gasteiger partial charge is 0.149 e. The number of rotatable bonds is 3. The normalized spacial score (nSPS) is 17.0. The fourth-order valence-electron chi connectivity index (χ4n) is 3.33. The van der Waals surface area contributed by atoms with Gasteiger partial charge < -0.3 is 9.80 Å². The molecule has 1 aliphatic rings. The molecule has 22 heavy (non-hydrogen) atoms. The maximum absolute atomic E-state index is 14.1. The molecule has 0 spiro atoms. The summed E-state index contributed by atoms with van der Waals surface area (Å²) in [4.78, 5) is 9.31. The molecule has 0 unspecified atom stereocenters. The number of benzene rings is 1. The molecule has 1 aliphatic heterocycles. The topological polar surface area (TPSA) is 19.4 Å². The molecule has 0 atom stereocenters. The second kappa shape index (κ2) is 6.61. The van der Waals surface area contributed by atoms with Crippen molar-refractivity contribution in [1.29, 1.82) is 0 Å². The Labute approximate surface area is 131 Å². The minimum Gasteiger partial charge on any atom is -0.370 e. The maximum Gasteiger partial charge on any atom is 0.149 e. The Bertz CT molecular complexity index is 656. The number of aryl methyl sites for hydroxylation is 1. The summed E-state index contributed by atoms with van der Waals surface area (Å²) < 4.78 is 14.1. The molecule has 0 amide bonds. The zero-order chi connectivity index (χ0) is 15.5. The quantitative estimate of drug-likeness (QED) is 0.863. The van der Waals surface area contributed by atoms with E-state index in [1.54, 1.807) is 6.07 Å². The molecule has 1 fully saturated rings. The summed E-state index contributed by atoms with van der Waals surface area (Å²) in [7, 11) is 0. The SMILES string of the molecule is CCCN1CCCN(c2cc(C)nc3c(F)cccc23)CC1. The molecule has 1 aromatic heterocycles. The van der Waals surface area contributed by atoms with Gasteiger partial charge in [-0.3, -0.25) is 0 Å². The predicted octanol–water partition coefficient (Wildman–Crippen LogP) is 3.60. The van der Waals surface area contributed by atoms with Gasteiger partial charge >= 0.3 is 0 Å². The van der Waals surface area contributed by atoms with Crippen LogP contribution in [0.2, 0.25) is 0 Å². The first-order chi connectivity index (χ1) is 10.7. The molecule has 1 saturated heterocycles. The zero-order valence-corrected chi connectivity index (χ0v) is 13.5. The molecule has 0 saturated carbocycles. The third-order valence-electron chi connectivity index (χ3n) is 4.37. The summed E-state index contributed by atoms with van der Waals surface area (Å²) in [5, 5.41) is 0.926. The van der Waals surface area contributed by atoms with E-state index in [1.165, 1.54) is 19.0 Å². The Kier molecular flexibility index (Phi) is 4.57. The average Bonchev–Trinajstić information content (AvgIpc) is 2.74. The Morgan fingerprint density at radius 3 is 2.86 bits per heavy atom. The van der Waals surface area contributed by atoms with Crippen LogP contribution >= 0.6 is 0 Å². The molecule has 0 N–H and O–H groups in total. The number of fused-ring (bicyclic) bond motifs is 1. The summed E-state index contributed by atoms with van der Waals surface area (Å²) in [5.41, 5.74) is 2.50. The van der Waals surface area contributed by atoms with Crippen LogP contribution in [0.3, 0.4) is 0 Å². The summed E-state index contributed by atoms with van der Waals surface area (Å²) in [6.45, 7) is 9.58. The summed E-state index contributed by atoms with van der Waals surface area (Å²) in [5.74, 6) is -0.232. The van der Waals surface area contributed by atoms with E-state index in [-0.39, 0.29) is 5.82 Å². The summed E-state index contributed by atoms with van der Waals surface area (Å²) in [6.07, 6.45) is 2.35. The van der Waals surface area contributed by atoms with Crippen LogP contribution < -0.4 is 4.90 Å². The lowest BCUT2D eigenvalue weighted by molar-refractivity contribution is 0.294. The van der Waals surface area contributed by atoms with E-state index in [1.807, 2.05) is 13.0 Å². The van der Waals surface area contributed by atoms with Crippen molar-refractivity contribution in [1.82, 2.24) is 9.88 Å². The van der Waals surface area contributed by atoms with Crippen molar-refractivity contribution >= 4 is 16.6 Å². The monoisotopic (exact) mass is 301 g/mol. The van der Waals surface area contributed by atoms with Crippen molar-refractivity contribution in [3.63, 3.8) is 0 Å². The van der Waals surface area contributed by atoms with E-state index in [2.05, 4.69) is 27.8 Å². The highest BCUT2D eigenvalue weighted by atomic mass is 19.1. The number of hydrogen-bond donors (Lipinski definition) is 0. The van der Waals surface area contributed by atoms with Crippen LogP contribution in [0.25, 0.3) is 10.9 Å². The average molecular weight is 301 g/mol. The van der Waals surface area contributed by atoms with Crippen LogP contribution in [0.5, 0.6) is 0 Å². The van der Waals surface area contributed by atoms with Gasteiger partial charge in [0.2, 0.25) is 0 Å². The van der Waals surface area contributed by atoms with Crippen molar-refractivity contribution in [2.45, 2.75) is 26.7 Å². The molecule has 3 nitrogen and oxygen atoms in total. The van der Waals surface area contributed by atoms with Gasteiger partial charge in [0.1, 0.15) is 11.3 Å². The molecule has 4 heteroatoms. The van der Waals surface area contributed by atoms with Gasteiger partial charge in [-0.1, -0.05) is 19.1 Å².